The predicted octanol–water partition coefficient (Wildman–Crippen LogP) is -1.66. The Hall–Kier alpha value is -4.58. The van der Waals surface area contributed by atoms with Gasteiger partial charge in [-0.2, -0.15) is 30.8 Å². The first-order valence-electron chi connectivity index (χ1n) is 7.36. The third kappa shape index (κ3) is 3.45. The summed E-state index contributed by atoms with van der Waals surface area (Å²) in [5.74, 6) is 0.484. The first-order chi connectivity index (χ1) is 13.0. The van der Waals surface area contributed by atoms with Gasteiger partial charge in [-0.1, -0.05) is 0 Å². The molecule has 0 atom stereocenters. The molecule has 0 amide bonds. The Morgan fingerprint density at radius 3 is 2.59 bits per heavy atom. The van der Waals surface area contributed by atoms with Gasteiger partial charge >= 0.3 is 0 Å². The largest absolute Gasteiger partial charge is 0.313 e. The molecular weight excluding hydrogens is 352 g/mol. The van der Waals surface area contributed by atoms with Crippen LogP contribution in [0.4, 0.5) is 11.8 Å². The van der Waals surface area contributed by atoms with Crippen LogP contribution in [0.25, 0.3) is 0 Å². The molecule has 27 heavy (non-hydrogen) atoms. The SMILES string of the molecule is Cn1nccc1NN=c1c(=O)ccc(=NNc2nc(C#N)c(C#N)[nH]2)c1=O. The minimum Gasteiger partial charge on any atom is -0.313 e. The molecule has 0 aliphatic heterocycles. The second-order valence-corrected chi connectivity index (χ2v) is 5.08. The van der Waals surface area contributed by atoms with Crippen LogP contribution < -0.4 is 32.4 Å². The van der Waals surface area contributed by atoms with Gasteiger partial charge in [-0.05, 0) is 12.1 Å². The highest BCUT2D eigenvalue weighted by atomic mass is 16.1. The number of rotatable bonds is 4. The number of nitriles is 2. The van der Waals surface area contributed by atoms with Crippen molar-refractivity contribution in [3.63, 3.8) is 0 Å². The summed E-state index contributed by atoms with van der Waals surface area (Å²) < 4.78 is 1.48. The lowest BCUT2D eigenvalue weighted by Crippen LogP contribution is -2.48. The molecule has 3 aromatic rings. The molecule has 0 spiro atoms. The maximum absolute atomic E-state index is 12.4. The van der Waals surface area contributed by atoms with Crippen LogP contribution in [-0.2, 0) is 7.05 Å². The van der Waals surface area contributed by atoms with Gasteiger partial charge in [0.05, 0.1) is 6.20 Å². The maximum Gasteiger partial charge on any atom is 0.237 e. The zero-order valence-corrected chi connectivity index (χ0v) is 13.8. The number of imidazole rings is 1. The fraction of sp³-hybridized carbons (Fsp3) is 0.0667. The topological polar surface area (TPSA) is 177 Å². The molecule has 0 unspecified atom stereocenters. The van der Waals surface area contributed by atoms with E-state index in [1.807, 2.05) is 0 Å². The summed E-state index contributed by atoms with van der Waals surface area (Å²) in [6.07, 6.45) is 1.53. The second kappa shape index (κ2) is 7.12. The van der Waals surface area contributed by atoms with Crippen LogP contribution in [0.5, 0.6) is 0 Å². The number of hydrogen-bond donors (Lipinski definition) is 3. The van der Waals surface area contributed by atoms with Crippen molar-refractivity contribution in [1.29, 1.82) is 10.5 Å². The minimum atomic E-state index is -0.711. The van der Waals surface area contributed by atoms with Crippen LogP contribution in [0.2, 0.25) is 0 Å². The van der Waals surface area contributed by atoms with E-state index < -0.39 is 10.9 Å². The van der Waals surface area contributed by atoms with E-state index in [1.165, 1.54) is 16.9 Å². The van der Waals surface area contributed by atoms with E-state index in [2.05, 4.69) is 36.1 Å². The number of anilines is 2. The van der Waals surface area contributed by atoms with Crippen molar-refractivity contribution in [3.05, 3.63) is 66.9 Å². The van der Waals surface area contributed by atoms with Crippen LogP contribution in [0.15, 0.2) is 44.2 Å². The Morgan fingerprint density at radius 1 is 1.15 bits per heavy atom. The Morgan fingerprint density at radius 2 is 1.96 bits per heavy atom. The van der Waals surface area contributed by atoms with Crippen molar-refractivity contribution in [1.82, 2.24) is 19.7 Å². The Labute approximate surface area is 150 Å². The first kappa shape index (κ1) is 17.2. The Bertz CT molecular complexity index is 1280. The third-order valence-electron chi connectivity index (χ3n) is 3.38. The fourth-order valence-electron chi connectivity index (χ4n) is 2.03. The lowest BCUT2D eigenvalue weighted by molar-refractivity contribution is 0.770. The molecule has 1 aromatic carbocycles. The molecule has 12 nitrogen and oxygen atoms in total. The number of H-pyrrole nitrogens is 1. The van der Waals surface area contributed by atoms with Crippen molar-refractivity contribution in [3.8, 4) is 12.1 Å². The van der Waals surface area contributed by atoms with Gasteiger partial charge in [0.15, 0.2) is 16.7 Å². The van der Waals surface area contributed by atoms with E-state index in [1.54, 1.807) is 25.3 Å². The highest BCUT2D eigenvalue weighted by Gasteiger charge is 2.08. The quantitative estimate of drug-likeness (QED) is 0.461. The summed E-state index contributed by atoms with van der Waals surface area (Å²) in [7, 11) is 1.66. The average Bonchev–Trinajstić information content (AvgIpc) is 3.26. The van der Waals surface area contributed by atoms with Crippen LogP contribution in [0.1, 0.15) is 11.4 Å². The van der Waals surface area contributed by atoms with Gasteiger partial charge in [0.2, 0.25) is 16.8 Å². The summed E-state index contributed by atoms with van der Waals surface area (Å²) >= 11 is 0. The van der Waals surface area contributed by atoms with E-state index in [4.69, 9.17) is 10.5 Å². The van der Waals surface area contributed by atoms with Crippen molar-refractivity contribution in [2.45, 2.75) is 0 Å². The van der Waals surface area contributed by atoms with Crippen molar-refractivity contribution < 1.29 is 0 Å². The van der Waals surface area contributed by atoms with Gasteiger partial charge in [0.25, 0.3) is 0 Å². The normalized spacial score (nSPS) is 11.8. The van der Waals surface area contributed by atoms with Crippen LogP contribution in [-0.4, -0.2) is 19.7 Å². The van der Waals surface area contributed by atoms with E-state index in [9.17, 15) is 9.59 Å². The monoisotopic (exact) mass is 362 g/mol. The minimum absolute atomic E-state index is 0.000184. The Kier molecular flexibility index (Phi) is 4.55. The number of nitrogens with one attached hydrogen (secondary N) is 3. The van der Waals surface area contributed by atoms with E-state index in [-0.39, 0.29) is 28.1 Å². The summed E-state index contributed by atoms with van der Waals surface area (Å²) in [5, 5.41) is 28.9. The zero-order chi connectivity index (χ0) is 19.4. The van der Waals surface area contributed by atoms with Crippen LogP contribution in [0, 0.1) is 22.7 Å². The molecular formula is C15H10N10O2. The predicted molar refractivity (Wildman–Crippen MR) is 91.0 cm³/mol. The standard InChI is InChI=1S/C15H10N10O2/c1-25-12(4-5-18-25)22-23-13-11(26)3-2-8(14(13)27)21-24-15-19-9(6-16)10(7-17)20-15/h2-5,22H,1H3,(H2,19,20,24). The van der Waals surface area contributed by atoms with Crippen molar-refractivity contribution in [2.24, 2.45) is 17.3 Å². The lowest BCUT2D eigenvalue weighted by atomic mass is 10.3. The fourth-order valence-corrected chi connectivity index (χ4v) is 2.03. The smallest absolute Gasteiger partial charge is 0.237 e. The molecule has 0 aliphatic rings. The average molecular weight is 362 g/mol. The van der Waals surface area contributed by atoms with Gasteiger partial charge in [-0.25, -0.2) is 5.43 Å². The number of aryl methyl sites for hydroxylation is 1. The third-order valence-corrected chi connectivity index (χ3v) is 3.38. The zero-order valence-electron chi connectivity index (χ0n) is 13.8. The summed E-state index contributed by atoms with van der Waals surface area (Å²) in [4.78, 5) is 30.7. The highest BCUT2D eigenvalue weighted by molar-refractivity contribution is 5.43. The van der Waals surface area contributed by atoms with Crippen LogP contribution >= 0.6 is 0 Å². The number of aromatic amines is 1. The van der Waals surface area contributed by atoms with Gasteiger partial charge in [0, 0.05) is 13.1 Å². The van der Waals surface area contributed by atoms with Crippen LogP contribution in [0.3, 0.4) is 0 Å². The molecule has 12 heteroatoms. The molecule has 2 aromatic heterocycles. The molecule has 3 N–H and O–H groups in total. The van der Waals surface area contributed by atoms with E-state index in [0.29, 0.717) is 5.82 Å². The lowest BCUT2D eigenvalue weighted by Gasteiger charge is -1.98. The number of aromatic nitrogens is 4. The molecule has 3 rings (SSSR count). The second-order valence-electron chi connectivity index (χ2n) is 5.08. The molecule has 0 saturated carbocycles. The molecule has 0 radical (unpaired) electrons. The molecule has 132 valence electrons. The summed E-state index contributed by atoms with van der Waals surface area (Å²) in [6, 6.07) is 7.51. The molecule has 0 aliphatic carbocycles. The maximum atomic E-state index is 12.4. The summed E-state index contributed by atoms with van der Waals surface area (Å²) in [5.41, 5.74) is 3.59. The molecule has 0 bridgehead atoms. The van der Waals surface area contributed by atoms with Gasteiger partial charge in [-0.3, -0.25) is 19.7 Å². The highest BCUT2D eigenvalue weighted by Crippen LogP contribution is 2.07. The number of nitrogens with zero attached hydrogens (tertiary/aromatic N) is 7. The van der Waals surface area contributed by atoms with Crippen molar-refractivity contribution in [2.75, 3.05) is 10.9 Å². The number of benzene rings is 1. The van der Waals surface area contributed by atoms with E-state index in [0.717, 1.165) is 6.07 Å². The van der Waals surface area contributed by atoms with Gasteiger partial charge < -0.3 is 4.98 Å². The molecule has 0 saturated heterocycles. The van der Waals surface area contributed by atoms with E-state index >= 15 is 0 Å². The summed E-state index contributed by atoms with van der Waals surface area (Å²) in [6.45, 7) is 0. The van der Waals surface area contributed by atoms with Crippen molar-refractivity contribution >= 4 is 11.8 Å². The molecule has 2 heterocycles. The number of hydrogen-bond acceptors (Lipinski definition) is 10. The van der Waals surface area contributed by atoms with Gasteiger partial charge in [-0.15, -0.1) is 0 Å². The van der Waals surface area contributed by atoms with Gasteiger partial charge in [0.1, 0.15) is 23.3 Å². The first-order valence-corrected chi connectivity index (χ1v) is 7.36. The Balaban J connectivity index is 1.97. The molecule has 0 fully saturated rings.